The molecule has 4 nitrogen and oxygen atoms in total. The van der Waals surface area contributed by atoms with Crippen LogP contribution in [-0.2, 0) is 0 Å². The third-order valence-corrected chi connectivity index (χ3v) is 2.38. The summed E-state index contributed by atoms with van der Waals surface area (Å²) in [7, 11) is 0. The molecule has 0 aliphatic heterocycles. The predicted molar refractivity (Wildman–Crippen MR) is 55.4 cm³/mol. The number of hydrogen-bond acceptors (Lipinski definition) is 4. The second-order valence-corrected chi connectivity index (χ2v) is 3.59. The number of nitrogens with zero attached hydrogens (tertiary/aromatic N) is 1. The molecule has 0 saturated carbocycles. The molecule has 1 atom stereocenters. The van der Waals surface area contributed by atoms with E-state index < -0.39 is 0 Å². The molecule has 0 bridgehead atoms. The maximum atomic E-state index is 8.76. The molecule has 0 amide bonds. The summed E-state index contributed by atoms with van der Waals surface area (Å²) in [5.74, 6) is 0.490. The largest absolute Gasteiger partial charge is 0.394 e. The Balaban J connectivity index is 2.96. The molecule has 1 aromatic rings. The van der Waals surface area contributed by atoms with Crippen LogP contribution in [0.1, 0.15) is 11.6 Å². The molecule has 0 spiro atoms. The number of nitrogens with two attached hydrogens (primary N) is 2. The van der Waals surface area contributed by atoms with Gasteiger partial charge in [0.25, 0.3) is 0 Å². The zero-order chi connectivity index (χ0) is 9.14. The van der Waals surface area contributed by atoms with E-state index in [-0.39, 0.29) is 12.6 Å². The van der Waals surface area contributed by atoms with Gasteiger partial charge in [-0.25, -0.2) is 4.98 Å². The number of anilines is 1. The fourth-order valence-electron chi connectivity index (χ4n) is 0.771. The number of aromatic nitrogens is 1. The SMILES string of the molecule is Nc1ncc([C@H](N)CO)cc1I. The summed E-state index contributed by atoms with van der Waals surface area (Å²) in [6.45, 7) is -0.0817. The van der Waals surface area contributed by atoms with Crippen LogP contribution in [-0.4, -0.2) is 16.7 Å². The zero-order valence-corrected chi connectivity index (χ0v) is 8.52. The highest BCUT2D eigenvalue weighted by molar-refractivity contribution is 14.1. The second-order valence-electron chi connectivity index (χ2n) is 2.42. The lowest BCUT2D eigenvalue weighted by Gasteiger charge is -2.08. The molecule has 5 N–H and O–H groups in total. The summed E-state index contributed by atoms with van der Waals surface area (Å²) in [5.41, 5.74) is 11.9. The van der Waals surface area contributed by atoms with Gasteiger partial charge in [0.05, 0.1) is 16.2 Å². The number of halogens is 1. The van der Waals surface area contributed by atoms with E-state index in [0.29, 0.717) is 5.82 Å². The number of rotatable bonds is 2. The maximum absolute atomic E-state index is 8.76. The summed E-state index contributed by atoms with van der Waals surface area (Å²) < 4.78 is 0.856. The second kappa shape index (κ2) is 4.01. The van der Waals surface area contributed by atoms with E-state index in [4.69, 9.17) is 16.6 Å². The third kappa shape index (κ3) is 2.05. The molecule has 5 heteroatoms. The minimum absolute atomic E-state index is 0.0817. The van der Waals surface area contributed by atoms with Gasteiger partial charge in [0.2, 0.25) is 0 Å². The zero-order valence-electron chi connectivity index (χ0n) is 6.37. The molecule has 12 heavy (non-hydrogen) atoms. The van der Waals surface area contributed by atoms with Crippen LogP contribution in [0, 0.1) is 3.57 Å². The van der Waals surface area contributed by atoms with Crippen LogP contribution in [0.15, 0.2) is 12.3 Å². The maximum Gasteiger partial charge on any atom is 0.136 e. The Morgan fingerprint density at radius 3 is 2.83 bits per heavy atom. The molecular weight excluding hydrogens is 269 g/mol. The van der Waals surface area contributed by atoms with Gasteiger partial charge in [0.1, 0.15) is 5.82 Å². The number of aliphatic hydroxyl groups excluding tert-OH is 1. The van der Waals surface area contributed by atoms with Crippen molar-refractivity contribution in [1.29, 1.82) is 0 Å². The molecule has 0 radical (unpaired) electrons. The smallest absolute Gasteiger partial charge is 0.136 e. The number of aliphatic hydroxyl groups is 1. The lowest BCUT2D eigenvalue weighted by molar-refractivity contribution is 0.268. The van der Waals surface area contributed by atoms with Gasteiger partial charge in [-0.15, -0.1) is 0 Å². The van der Waals surface area contributed by atoms with Crippen LogP contribution in [0.25, 0.3) is 0 Å². The van der Waals surface area contributed by atoms with Crippen molar-refractivity contribution in [3.05, 3.63) is 21.4 Å². The summed E-state index contributed by atoms with van der Waals surface area (Å²) in [6, 6.07) is 1.45. The van der Waals surface area contributed by atoms with Crippen molar-refractivity contribution in [2.45, 2.75) is 6.04 Å². The van der Waals surface area contributed by atoms with E-state index in [9.17, 15) is 0 Å². The molecule has 0 aliphatic rings. The molecule has 0 aliphatic carbocycles. The topological polar surface area (TPSA) is 85.2 Å². The summed E-state index contributed by atoms with van der Waals surface area (Å²) >= 11 is 2.07. The fourth-order valence-corrected chi connectivity index (χ4v) is 1.27. The standard InChI is InChI=1S/C7H10IN3O/c8-5-1-4(6(9)3-12)2-11-7(5)10/h1-2,6,12H,3,9H2,(H2,10,11)/t6-/m1/s1. The van der Waals surface area contributed by atoms with Crippen LogP contribution in [0.2, 0.25) is 0 Å². The number of nitrogen functional groups attached to an aromatic ring is 1. The minimum Gasteiger partial charge on any atom is -0.394 e. The lowest BCUT2D eigenvalue weighted by Crippen LogP contribution is -2.15. The van der Waals surface area contributed by atoms with Crippen molar-refractivity contribution < 1.29 is 5.11 Å². The van der Waals surface area contributed by atoms with Crippen molar-refractivity contribution >= 4 is 28.4 Å². The Hall–Kier alpha value is -0.400. The first-order chi connectivity index (χ1) is 5.65. The van der Waals surface area contributed by atoms with Gasteiger partial charge in [-0.3, -0.25) is 0 Å². The molecule has 0 aromatic carbocycles. The normalized spacial score (nSPS) is 12.9. The Kier molecular flexibility index (Phi) is 3.24. The van der Waals surface area contributed by atoms with Crippen LogP contribution in [0.5, 0.6) is 0 Å². The molecule has 0 unspecified atom stereocenters. The van der Waals surface area contributed by atoms with Gasteiger partial charge in [0, 0.05) is 6.20 Å². The van der Waals surface area contributed by atoms with Gasteiger partial charge in [-0.2, -0.15) is 0 Å². The quantitative estimate of drug-likeness (QED) is 0.678. The highest BCUT2D eigenvalue weighted by Gasteiger charge is 2.06. The number of hydrogen-bond donors (Lipinski definition) is 3. The third-order valence-electron chi connectivity index (χ3n) is 1.52. The Morgan fingerprint density at radius 2 is 2.33 bits per heavy atom. The average molecular weight is 279 g/mol. The van der Waals surface area contributed by atoms with E-state index in [0.717, 1.165) is 9.13 Å². The van der Waals surface area contributed by atoms with Crippen molar-refractivity contribution in [1.82, 2.24) is 4.98 Å². The van der Waals surface area contributed by atoms with Crippen molar-refractivity contribution in [2.24, 2.45) is 5.73 Å². The molecular formula is C7H10IN3O. The van der Waals surface area contributed by atoms with E-state index in [1.165, 1.54) is 0 Å². The molecule has 0 saturated heterocycles. The minimum atomic E-state index is -0.369. The summed E-state index contributed by atoms with van der Waals surface area (Å²) in [6.07, 6.45) is 1.58. The molecule has 0 fully saturated rings. The fraction of sp³-hybridized carbons (Fsp3) is 0.286. The summed E-state index contributed by atoms with van der Waals surface area (Å²) in [5, 5.41) is 8.76. The van der Waals surface area contributed by atoms with Gasteiger partial charge < -0.3 is 16.6 Å². The van der Waals surface area contributed by atoms with Gasteiger partial charge in [-0.1, -0.05) is 0 Å². The molecule has 1 aromatic heterocycles. The molecule has 66 valence electrons. The van der Waals surface area contributed by atoms with Crippen molar-refractivity contribution in [3.8, 4) is 0 Å². The highest BCUT2D eigenvalue weighted by Crippen LogP contribution is 2.16. The summed E-state index contributed by atoms with van der Waals surface area (Å²) in [4.78, 5) is 3.93. The lowest BCUT2D eigenvalue weighted by atomic mass is 10.1. The Morgan fingerprint density at radius 1 is 1.67 bits per heavy atom. The Bertz CT molecular complexity index is 279. The Labute approximate surface area is 84.1 Å². The molecule has 1 rings (SSSR count). The van der Waals surface area contributed by atoms with Crippen LogP contribution in [0.4, 0.5) is 5.82 Å². The monoisotopic (exact) mass is 279 g/mol. The van der Waals surface area contributed by atoms with E-state index >= 15 is 0 Å². The van der Waals surface area contributed by atoms with Gasteiger partial charge in [0.15, 0.2) is 0 Å². The number of pyridine rings is 1. The van der Waals surface area contributed by atoms with Gasteiger partial charge >= 0.3 is 0 Å². The first kappa shape index (κ1) is 9.69. The van der Waals surface area contributed by atoms with E-state index in [1.807, 2.05) is 6.07 Å². The van der Waals surface area contributed by atoms with Crippen LogP contribution in [0.3, 0.4) is 0 Å². The van der Waals surface area contributed by atoms with E-state index in [2.05, 4.69) is 27.6 Å². The highest BCUT2D eigenvalue weighted by atomic mass is 127. The van der Waals surface area contributed by atoms with E-state index in [1.54, 1.807) is 6.20 Å². The first-order valence-corrected chi connectivity index (χ1v) is 4.50. The van der Waals surface area contributed by atoms with Gasteiger partial charge in [-0.05, 0) is 34.2 Å². The molecule has 1 heterocycles. The van der Waals surface area contributed by atoms with Crippen LogP contribution < -0.4 is 11.5 Å². The first-order valence-electron chi connectivity index (χ1n) is 3.42. The van der Waals surface area contributed by atoms with Crippen molar-refractivity contribution in [3.63, 3.8) is 0 Å². The average Bonchev–Trinajstić information content (AvgIpc) is 2.08. The predicted octanol–water partition coefficient (Wildman–Crippen LogP) is 0.260. The van der Waals surface area contributed by atoms with Crippen molar-refractivity contribution in [2.75, 3.05) is 12.3 Å². The van der Waals surface area contributed by atoms with Crippen LogP contribution >= 0.6 is 22.6 Å².